The molecule has 1 rings (SSSR count). The molecule has 24 heavy (non-hydrogen) atoms. The highest BCUT2D eigenvalue weighted by molar-refractivity contribution is 5.69. The maximum atomic E-state index is 11.7. The highest BCUT2D eigenvalue weighted by Crippen LogP contribution is 2.25. The number of hydrogen-bond acceptors (Lipinski definition) is 7. The van der Waals surface area contributed by atoms with E-state index in [0.717, 1.165) is 0 Å². The minimum absolute atomic E-state index is 0.0142. The zero-order chi connectivity index (χ0) is 18.2. The lowest BCUT2D eigenvalue weighted by atomic mass is 9.99. The number of rotatable bonds is 8. The normalized spacial score (nSPS) is 12.3. The second-order valence-corrected chi connectivity index (χ2v) is 5.23. The lowest BCUT2D eigenvalue weighted by Crippen LogP contribution is -2.34. The number of esters is 1. The van der Waals surface area contributed by atoms with Crippen LogP contribution < -0.4 is 10.5 Å². The number of terminal acetylenes is 1. The van der Waals surface area contributed by atoms with Crippen molar-refractivity contribution in [2.45, 2.75) is 31.9 Å². The molecule has 0 heterocycles. The summed E-state index contributed by atoms with van der Waals surface area (Å²) in [6.07, 6.45) is 5.14. The second-order valence-electron chi connectivity index (χ2n) is 5.23. The molecule has 0 fully saturated rings. The summed E-state index contributed by atoms with van der Waals surface area (Å²) < 4.78 is 10.2. The Kier molecular flexibility index (Phi) is 6.72. The predicted molar refractivity (Wildman–Crippen MR) is 84.7 cm³/mol. The van der Waals surface area contributed by atoms with Crippen LogP contribution in [0.2, 0.25) is 0 Å². The Morgan fingerprint density at radius 3 is 2.83 bits per heavy atom. The van der Waals surface area contributed by atoms with Gasteiger partial charge < -0.3 is 15.2 Å². The minimum atomic E-state index is -1.13. The van der Waals surface area contributed by atoms with Crippen LogP contribution in [0.15, 0.2) is 18.2 Å². The monoisotopic (exact) mass is 331 g/mol. The van der Waals surface area contributed by atoms with Crippen molar-refractivity contribution in [3.8, 4) is 24.2 Å². The molecule has 8 nitrogen and oxygen atoms in total. The standard InChI is InChI=1S/C16H17N3O5/c1-3-8-23-13-4-5-14(19(21)22)12(9-13)10-24-15(20)6-7-16(2,18)11-17/h1,4-5,9H,6-8,10,18H2,2H3. The van der Waals surface area contributed by atoms with Crippen molar-refractivity contribution in [3.05, 3.63) is 33.9 Å². The molecule has 0 amide bonds. The largest absolute Gasteiger partial charge is 0.481 e. The number of nitrogens with zero attached hydrogens (tertiary/aromatic N) is 2. The molecule has 1 atom stereocenters. The Bertz CT molecular complexity index is 701. The summed E-state index contributed by atoms with van der Waals surface area (Å²) in [5, 5.41) is 19.8. The summed E-state index contributed by atoms with van der Waals surface area (Å²) in [5.41, 5.74) is 4.46. The van der Waals surface area contributed by atoms with Crippen LogP contribution >= 0.6 is 0 Å². The number of hydrogen-bond donors (Lipinski definition) is 1. The van der Waals surface area contributed by atoms with Crippen LogP contribution in [0.25, 0.3) is 0 Å². The van der Waals surface area contributed by atoms with E-state index in [0.29, 0.717) is 5.75 Å². The fourth-order valence-corrected chi connectivity index (χ4v) is 1.72. The van der Waals surface area contributed by atoms with Gasteiger partial charge in [-0.05, 0) is 25.5 Å². The third-order valence-electron chi connectivity index (χ3n) is 3.06. The Balaban J connectivity index is 2.74. The molecule has 0 bridgehead atoms. The lowest BCUT2D eigenvalue weighted by Gasteiger charge is -2.14. The van der Waals surface area contributed by atoms with E-state index < -0.39 is 16.4 Å². The maximum absolute atomic E-state index is 11.7. The molecule has 0 aliphatic heterocycles. The van der Waals surface area contributed by atoms with Gasteiger partial charge in [-0.1, -0.05) is 5.92 Å². The molecule has 1 unspecified atom stereocenters. The van der Waals surface area contributed by atoms with Gasteiger partial charge in [0.1, 0.15) is 24.5 Å². The number of ether oxygens (including phenoxy) is 2. The van der Waals surface area contributed by atoms with Gasteiger partial charge in [-0.25, -0.2) is 0 Å². The smallest absolute Gasteiger partial charge is 0.306 e. The van der Waals surface area contributed by atoms with Gasteiger partial charge in [0.15, 0.2) is 0 Å². The number of nitro benzene ring substituents is 1. The quantitative estimate of drug-likeness (QED) is 0.332. The van der Waals surface area contributed by atoms with Gasteiger partial charge >= 0.3 is 5.97 Å². The number of nitro groups is 1. The molecule has 1 aromatic rings. The molecule has 0 aliphatic carbocycles. The van der Waals surface area contributed by atoms with Crippen molar-refractivity contribution in [3.63, 3.8) is 0 Å². The molecule has 0 spiro atoms. The summed E-state index contributed by atoms with van der Waals surface area (Å²) in [5.74, 6) is 2.01. The molecule has 0 radical (unpaired) electrons. The third kappa shape index (κ3) is 5.95. The summed E-state index contributed by atoms with van der Waals surface area (Å²) in [6, 6.07) is 5.93. The summed E-state index contributed by atoms with van der Waals surface area (Å²) in [7, 11) is 0. The first-order valence-electron chi connectivity index (χ1n) is 6.98. The Morgan fingerprint density at radius 1 is 1.54 bits per heavy atom. The average molecular weight is 331 g/mol. The van der Waals surface area contributed by atoms with Crippen LogP contribution in [0.5, 0.6) is 5.75 Å². The van der Waals surface area contributed by atoms with Crippen molar-refractivity contribution in [2.24, 2.45) is 5.73 Å². The molecule has 0 aliphatic rings. The number of benzene rings is 1. The van der Waals surface area contributed by atoms with Crippen LogP contribution in [0.4, 0.5) is 5.69 Å². The molecular weight excluding hydrogens is 314 g/mol. The topological polar surface area (TPSA) is 128 Å². The van der Waals surface area contributed by atoms with E-state index in [1.807, 2.05) is 6.07 Å². The molecule has 1 aromatic carbocycles. The first-order chi connectivity index (χ1) is 11.3. The molecule has 8 heteroatoms. The molecule has 2 N–H and O–H groups in total. The highest BCUT2D eigenvalue weighted by Gasteiger charge is 2.20. The number of carbonyl (C=O) groups excluding carboxylic acids is 1. The highest BCUT2D eigenvalue weighted by atomic mass is 16.6. The van der Waals surface area contributed by atoms with Crippen LogP contribution in [0.3, 0.4) is 0 Å². The minimum Gasteiger partial charge on any atom is -0.481 e. The third-order valence-corrected chi connectivity index (χ3v) is 3.06. The average Bonchev–Trinajstić information content (AvgIpc) is 2.56. The Labute approximate surface area is 139 Å². The van der Waals surface area contributed by atoms with Gasteiger partial charge in [-0.15, -0.1) is 6.42 Å². The zero-order valence-electron chi connectivity index (χ0n) is 13.2. The van der Waals surface area contributed by atoms with Crippen LogP contribution in [0, 0.1) is 33.8 Å². The maximum Gasteiger partial charge on any atom is 0.306 e. The molecule has 126 valence electrons. The number of carbonyl (C=O) groups is 1. The van der Waals surface area contributed by atoms with Gasteiger partial charge in [0, 0.05) is 12.5 Å². The van der Waals surface area contributed by atoms with Crippen LogP contribution in [0.1, 0.15) is 25.3 Å². The fraction of sp³-hybridized carbons (Fsp3) is 0.375. The van der Waals surface area contributed by atoms with E-state index in [9.17, 15) is 14.9 Å². The van der Waals surface area contributed by atoms with E-state index in [-0.39, 0.29) is 37.3 Å². The second kappa shape index (κ2) is 8.51. The van der Waals surface area contributed by atoms with Gasteiger partial charge in [-0.3, -0.25) is 14.9 Å². The van der Waals surface area contributed by atoms with Crippen molar-refractivity contribution < 1.29 is 19.2 Å². The van der Waals surface area contributed by atoms with Crippen LogP contribution in [-0.4, -0.2) is 23.0 Å². The van der Waals surface area contributed by atoms with Crippen molar-refractivity contribution >= 4 is 11.7 Å². The van der Waals surface area contributed by atoms with Crippen molar-refractivity contribution in [2.75, 3.05) is 6.61 Å². The SMILES string of the molecule is C#CCOc1ccc([N+](=O)[O-])c(COC(=O)CCC(C)(N)C#N)c1. The molecule has 0 aromatic heterocycles. The van der Waals surface area contributed by atoms with Crippen LogP contribution in [-0.2, 0) is 16.1 Å². The molecule has 0 saturated carbocycles. The van der Waals surface area contributed by atoms with E-state index >= 15 is 0 Å². The van der Waals surface area contributed by atoms with Crippen molar-refractivity contribution in [1.82, 2.24) is 0 Å². The van der Waals surface area contributed by atoms with Gasteiger partial charge in [0.05, 0.1) is 16.6 Å². The number of nitrogens with two attached hydrogens (primary N) is 1. The lowest BCUT2D eigenvalue weighted by molar-refractivity contribution is -0.385. The zero-order valence-corrected chi connectivity index (χ0v) is 13.2. The van der Waals surface area contributed by atoms with E-state index in [2.05, 4.69) is 5.92 Å². The van der Waals surface area contributed by atoms with Crippen molar-refractivity contribution in [1.29, 1.82) is 5.26 Å². The Morgan fingerprint density at radius 2 is 2.25 bits per heavy atom. The van der Waals surface area contributed by atoms with Gasteiger partial charge in [0.2, 0.25) is 0 Å². The first kappa shape index (κ1) is 18.9. The van der Waals surface area contributed by atoms with E-state index in [1.165, 1.54) is 25.1 Å². The molecule has 0 saturated heterocycles. The summed E-state index contributed by atoms with van der Waals surface area (Å²) >= 11 is 0. The molecular formula is C16H17N3O5. The summed E-state index contributed by atoms with van der Waals surface area (Å²) in [4.78, 5) is 22.1. The first-order valence-corrected chi connectivity index (χ1v) is 6.98. The fourth-order valence-electron chi connectivity index (χ4n) is 1.72. The van der Waals surface area contributed by atoms with Gasteiger partial charge in [-0.2, -0.15) is 5.26 Å². The number of nitriles is 1. The Hall–Kier alpha value is -3.10. The predicted octanol–water partition coefficient (Wildman–Crippen LogP) is 1.67. The van der Waals surface area contributed by atoms with Gasteiger partial charge in [0.25, 0.3) is 5.69 Å². The summed E-state index contributed by atoms with van der Waals surface area (Å²) in [6.45, 7) is 1.22. The van der Waals surface area contributed by atoms with E-state index in [1.54, 1.807) is 0 Å². The van der Waals surface area contributed by atoms with E-state index in [4.69, 9.17) is 26.9 Å².